The Labute approximate surface area is 77.1 Å². The normalized spacial score (nSPS) is 11.6. The number of aromatic nitrogens is 1. The zero-order valence-electron chi connectivity index (χ0n) is 7.35. The van der Waals surface area contributed by atoms with Gasteiger partial charge in [-0.1, -0.05) is 5.16 Å². The summed E-state index contributed by atoms with van der Waals surface area (Å²) in [7, 11) is 0. The fourth-order valence-corrected chi connectivity index (χ4v) is 1.07. The lowest BCUT2D eigenvalue weighted by Crippen LogP contribution is -2.06. The molecule has 4 nitrogen and oxygen atoms in total. The molecular weight excluding hydrogens is 166 g/mol. The van der Waals surface area contributed by atoms with Gasteiger partial charge in [-0.3, -0.25) is 4.98 Å². The number of pyridine rings is 1. The molecule has 0 fully saturated rings. The molecule has 0 aliphatic rings. The summed E-state index contributed by atoms with van der Waals surface area (Å²) in [6, 6.07) is 3.62. The minimum Gasteiger partial charge on any atom is -0.411 e. The summed E-state index contributed by atoms with van der Waals surface area (Å²) in [4.78, 5) is 3.88. The molecule has 0 bridgehead atoms. The van der Waals surface area contributed by atoms with Crippen LogP contribution >= 0.6 is 0 Å². The van der Waals surface area contributed by atoms with E-state index < -0.39 is 0 Å². The van der Waals surface area contributed by atoms with Gasteiger partial charge in [0.25, 0.3) is 0 Å². The van der Waals surface area contributed by atoms with Crippen LogP contribution < -0.4 is 5.73 Å². The van der Waals surface area contributed by atoms with Gasteiger partial charge < -0.3 is 10.9 Å². The lowest BCUT2D eigenvalue weighted by molar-refractivity contribution is 0.318. The zero-order valence-corrected chi connectivity index (χ0v) is 7.35. The van der Waals surface area contributed by atoms with Gasteiger partial charge >= 0.3 is 0 Å². The van der Waals surface area contributed by atoms with Gasteiger partial charge in [0, 0.05) is 18.0 Å². The first kappa shape index (κ1) is 9.67. The predicted octanol–water partition coefficient (Wildman–Crippen LogP) is 0.999. The molecular formula is C9H13N3O. The van der Waals surface area contributed by atoms with E-state index in [1.165, 1.54) is 0 Å². The molecule has 1 heterocycles. The van der Waals surface area contributed by atoms with Gasteiger partial charge in [0.2, 0.25) is 0 Å². The molecule has 1 rings (SSSR count). The Bertz CT molecular complexity index is 271. The van der Waals surface area contributed by atoms with E-state index in [2.05, 4.69) is 10.1 Å². The van der Waals surface area contributed by atoms with Crippen molar-refractivity contribution in [1.29, 1.82) is 0 Å². The zero-order chi connectivity index (χ0) is 9.52. The standard InChI is InChI=1S/C9H13N3O/c10-5-1-2-9(12-13)8-3-6-11-7-4-8/h3-4,6-7,13H,1-2,5,10H2/b12-9+. The Morgan fingerprint density at radius 1 is 1.46 bits per heavy atom. The molecule has 0 aromatic carbocycles. The molecule has 0 unspecified atom stereocenters. The molecule has 0 radical (unpaired) electrons. The highest BCUT2D eigenvalue weighted by molar-refractivity contribution is 5.99. The topological polar surface area (TPSA) is 71.5 Å². The van der Waals surface area contributed by atoms with Crippen molar-refractivity contribution >= 4 is 5.71 Å². The van der Waals surface area contributed by atoms with Crippen LogP contribution in [-0.2, 0) is 0 Å². The number of nitrogens with zero attached hydrogens (tertiary/aromatic N) is 2. The fourth-order valence-electron chi connectivity index (χ4n) is 1.07. The van der Waals surface area contributed by atoms with E-state index in [1.807, 2.05) is 12.1 Å². The van der Waals surface area contributed by atoms with Gasteiger partial charge in [0.15, 0.2) is 0 Å². The summed E-state index contributed by atoms with van der Waals surface area (Å²) in [5, 5.41) is 12.0. The Kier molecular flexibility index (Phi) is 3.92. The number of oxime groups is 1. The van der Waals surface area contributed by atoms with Gasteiger partial charge in [0.05, 0.1) is 5.71 Å². The van der Waals surface area contributed by atoms with Crippen molar-refractivity contribution in [1.82, 2.24) is 4.98 Å². The van der Waals surface area contributed by atoms with E-state index in [4.69, 9.17) is 10.9 Å². The number of hydrogen-bond donors (Lipinski definition) is 2. The van der Waals surface area contributed by atoms with E-state index in [9.17, 15) is 0 Å². The molecule has 13 heavy (non-hydrogen) atoms. The number of nitrogens with two attached hydrogens (primary N) is 1. The Balaban J connectivity index is 2.69. The third-order valence-electron chi connectivity index (χ3n) is 1.75. The Hall–Kier alpha value is -1.42. The molecule has 0 saturated heterocycles. The van der Waals surface area contributed by atoms with E-state index in [1.54, 1.807) is 12.4 Å². The Morgan fingerprint density at radius 3 is 2.69 bits per heavy atom. The monoisotopic (exact) mass is 179 g/mol. The van der Waals surface area contributed by atoms with Crippen LogP contribution in [0.15, 0.2) is 29.7 Å². The van der Waals surface area contributed by atoms with Gasteiger partial charge in [-0.05, 0) is 31.5 Å². The lowest BCUT2D eigenvalue weighted by Gasteiger charge is -2.02. The second-order valence-corrected chi connectivity index (χ2v) is 2.67. The molecule has 4 heteroatoms. The van der Waals surface area contributed by atoms with Crippen molar-refractivity contribution in [3.8, 4) is 0 Å². The van der Waals surface area contributed by atoms with Crippen molar-refractivity contribution in [3.05, 3.63) is 30.1 Å². The van der Waals surface area contributed by atoms with Crippen LogP contribution in [0.3, 0.4) is 0 Å². The van der Waals surface area contributed by atoms with Gasteiger partial charge in [0.1, 0.15) is 0 Å². The lowest BCUT2D eigenvalue weighted by atomic mass is 10.1. The molecule has 1 aromatic heterocycles. The second-order valence-electron chi connectivity index (χ2n) is 2.67. The molecule has 0 atom stereocenters. The summed E-state index contributed by atoms with van der Waals surface area (Å²) in [5.74, 6) is 0. The van der Waals surface area contributed by atoms with Crippen molar-refractivity contribution in [2.75, 3.05) is 6.54 Å². The van der Waals surface area contributed by atoms with Crippen LogP contribution in [0.1, 0.15) is 18.4 Å². The highest BCUT2D eigenvalue weighted by Gasteiger charge is 2.02. The van der Waals surface area contributed by atoms with Crippen molar-refractivity contribution < 1.29 is 5.21 Å². The molecule has 1 aromatic rings. The molecule has 0 aliphatic carbocycles. The van der Waals surface area contributed by atoms with Crippen LogP contribution in [0.4, 0.5) is 0 Å². The van der Waals surface area contributed by atoms with Crippen molar-refractivity contribution in [3.63, 3.8) is 0 Å². The third kappa shape index (κ3) is 2.83. The van der Waals surface area contributed by atoms with Gasteiger partial charge in [-0.15, -0.1) is 0 Å². The number of hydrogen-bond acceptors (Lipinski definition) is 4. The minimum atomic E-state index is 0.601. The number of rotatable bonds is 4. The third-order valence-corrected chi connectivity index (χ3v) is 1.75. The van der Waals surface area contributed by atoms with E-state index >= 15 is 0 Å². The van der Waals surface area contributed by atoms with E-state index in [0.717, 1.165) is 12.0 Å². The van der Waals surface area contributed by atoms with Crippen LogP contribution in [-0.4, -0.2) is 22.4 Å². The quantitative estimate of drug-likeness (QED) is 0.411. The maximum Gasteiger partial charge on any atom is 0.0869 e. The van der Waals surface area contributed by atoms with Crippen LogP contribution in [0.2, 0.25) is 0 Å². The van der Waals surface area contributed by atoms with Gasteiger partial charge in [-0.2, -0.15) is 0 Å². The van der Waals surface area contributed by atoms with E-state index in [-0.39, 0.29) is 0 Å². The summed E-state index contributed by atoms with van der Waals surface area (Å²) in [6.45, 7) is 0.601. The SMILES string of the molecule is NCCC/C(=N\O)c1ccncc1. The average Bonchev–Trinajstić information content (AvgIpc) is 2.21. The van der Waals surface area contributed by atoms with Crippen LogP contribution in [0.5, 0.6) is 0 Å². The first-order chi connectivity index (χ1) is 6.38. The molecule has 0 aliphatic heterocycles. The molecule has 0 saturated carbocycles. The minimum absolute atomic E-state index is 0.601. The second kappa shape index (κ2) is 5.27. The average molecular weight is 179 g/mol. The maximum atomic E-state index is 8.73. The molecule has 70 valence electrons. The summed E-state index contributed by atoms with van der Waals surface area (Å²) in [6.07, 6.45) is 4.85. The largest absolute Gasteiger partial charge is 0.411 e. The molecule has 0 amide bonds. The fraction of sp³-hybridized carbons (Fsp3) is 0.333. The highest BCUT2D eigenvalue weighted by Crippen LogP contribution is 2.04. The van der Waals surface area contributed by atoms with Crippen LogP contribution in [0, 0.1) is 0 Å². The van der Waals surface area contributed by atoms with Gasteiger partial charge in [-0.25, -0.2) is 0 Å². The van der Waals surface area contributed by atoms with E-state index in [0.29, 0.717) is 18.7 Å². The summed E-state index contributed by atoms with van der Waals surface area (Å²) >= 11 is 0. The first-order valence-electron chi connectivity index (χ1n) is 4.20. The van der Waals surface area contributed by atoms with Crippen molar-refractivity contribution in [2.24, 2.45) is 10.9 Å². The summed E-state index contributed by atoms with van der Waals surface area (Å²) < 4.78 is 0. The first-order valence-corrected chi connectivity index (χ1v) is 4.20. The smallest absolute Gasteiger partial charge is 0.0869 e. The molecule has 0 spiro atoms. The van der Waals surface area contributed by atoms with Crippen LogP contribution in [0.25, 0.3) is 0 Å². The maximum absolute atomic E-state index is 8.73. The molecule has 3 N–H and O–H groups in total. The predicted molar refractivity (Wildman–Crippen MR) is 50.8 cm³/mol. The summed E-state index contributed by atoms with van der Waals surface area (Å²) in [5.41, 5.74) is 6.92. The Morgan fingerprint density at radius 2 is 2.15 bits per heavy atom. The highest BCUT2D eigenvalue weighted by atomic mass is 16.4. The van der Waals surface area contributed by atoms with Crippen molar-refractivity contribution in [2.45, 2.75) is 12.8 Å².